The van der Waals surface area contributed by atoms with Gasteiger partial charge in [-0.15, -0.1) is 6.42 Å². The molecule has 1 amide bonds. The second-order valence-corrected chi connectivity index (χ2v) is 4.99. The number of rotatable bonds is 6. The summed E-state index contributed by atoms with van der Waals surface area (Å²) in [7, 11) is 0. The molecular weight excluding hydrogens is 260 g/mol. The van der Waals surface area contributed by atoms with E-state index in [-0.39, 0.29) is 18.5 Å². The molecule has 0 radical (unpaired) electrons. The van der Waals surface area contributed by atoms with Gasteiger partial charge in [0.25, 0.3) is 0 Å². The van der Waals surface area contributed by atoms with Crippen LogP contribution in [-0.2, 0) is 11.3 Å². The highest BCUT2D eigenvalue weighted by molar-refractivity contribution is 6.30. The Morgan fingerprint density at radius 1 is 1.53 bits per heavy atom. The quantitative estimate of drug-likeness (QED) is 0.640. The van der Waals surface area contributed by atoms with Crippen LogP contribution in [0.3, 0.4) is 0 Å². The van der Waals surface area contributed by atoms with Gasteiger partial charge in [0.05, 0.1) is 13.1 Å². The fourth-order valence-electron chi connectivity index (χ4n) is 1.73. The summed E-state index contributed by atoms with van der Waals surface area (Å²) < 4.78 is 0. The van der Waals surface area contributed by atoms with Gasteiger partial charge in [-0.1, -0.05) is 29.7 Å². The van der Waals surface area contributed by atoms with Gasteiger partial charge < -0.3 is 4.90 Å². The Labute approximate surface area is 119 Å². The molecule has 0 unspecified atom stereocenters. The van der Waals surface area contributed by atoms with Gasteiger partial charge in [-0.25, -0.2) is 0 Å². The normalized spacial score (nSPS) is 10.3. The third kappa shape index (κ3) is 5.34. The highest BCUT2D eigenvalue weighted by Gasteiger charge is 2.16. The van der Waals surface area contributed by atoms with Crippen molar-refractivity contribution in [3.05, 3.63) is 34.9 Å². The molecule has 0 spiro atoms. The molecule has 102 valence electrons. The van der Waals surface area contributed by atoms with Crippen molar-refractivity contribution in [2.24, 2.45) is 0 Å². The molecule has 1 N–H and O–H groups in total. The molecule has 1 aromatic rings. The summed E-state index contributed by atoms with van der Waals surface area (Å²) in [5.74, 6) is 2.48. The summed E-state index contributed by atoms with van der Waals surface area (Å²) in [5.41, 5.74) is 1.02. The Kier molecular flexibility index (Phi) is 6.41. The van der Waals surface area contributed by atoms with Gasteiger partial charge in [-0.2, -0.15) is 0 Å². The van der Waals surface area contributed by atoms with E-state index in [1.165, 1.54) is 0 Å². The Morgan fingerprint density at radius 2 is 2.26 bits per heavy atom. The molecule has 3 nitrogen and oxygen atoms in total. The second-order valence-electron chi connectivity index (χ2n) is 4.55. The van der Waals surface area contributed by atoms with Gasteiger partial charge in [0.1, 0.15) is 0 Å². The van der Waals surface area contributed by atoms with Crippen LogP contribution in [0.2, 0.25) is 5.02 Å². The van der Waals surface area contributed by atoms with Crippen LogP contribution in [0.1, 0.15) is 19.4 Å². The van der Waals surface area contributed by atoms with Crippen LogP contribution >= 0.6 is 11.6 Å². The van der Waals surface area contributed by atoms with E-state index in [0.29, 0.717) is 18.1 Å². The molecule has 0 saturated carbocycles. The number of amides is 1. The molecule has 0 heterocycles. The summed E-state index contributed by atoms with van der Waals surface area (Å²) in [6, 6.07) is 7.67. The molecule has 0 aliphatic carbocycles. The summed E-state index contributed by atoms with van der Waals surface area (Å²) in [5, 5.41) is 3.59. The molecule has 1 aromatic carbocycles. The standard InChI is InChI=1S/C15H19ClN2O/c1-4-8-17-10-15(19)18(12(2)3)11-13-6-5-7-14(16)9-13/h1,5-7,9,12,17H,8,10-11H2,2-3H3. The number of nitrogens with one attached hydrogen (secondary N) is 1. The van der Waals surface area contributed by atoms with Gasteiger partial charge in [0.2, 0.25) is 5.91 Å². The highest BCUT2D eigenvalue weighted by atomic mass is 35.5. The van der Waals surface area contributed by atoms with Crippen LogP contribution < -0.4 is 5.32 Å². The van der Waals surface area contributed by atoms with E-state index >= 15 is 0 Å². The predicted octanol–water partition coefficient (Wildman–Crippen LogP) is 2.30. The molecule has 19 heavy (non-hydrogen) atoms. The smallest absolute Gasteiger partial charge is 0.237 e. The number of hydrogen-bond donors (Lipinski definition) is 1. The van der Waals surface area contributed by atoms with Crippen molar-refractivity contribution < 1.29 is 4.79 Å². The van der Waals surface area contributed by atoms with Gasteiger partial charge in [-0.3, -0.25) is 10.1 Å². The lowest BCUT2D eigenvalue weighted by atomic mass is 10.2. The summed E-state index contributed by atoms with van der Waals surface area (Å²) >= 11 is 5.95. The maximum Gasteiger partial charge on any atom is 0.237 e. The van der Waals surface area contributed by atoms with E-state index in [2.05, 4.69) is 11.2 Å². The van der Waals surface area contributed by atoms with E-state index in [9.17, 15) is 4.79 Å². The first-order valence-electron chi connectivity index (χ1n) is 6.22. The van der Waals surface area contributed by atoms with Crippen LogP contribution in [0, 0.1) is 12.3 Å². The summed E-state index contributed by atoms with van der Waals surface area (Å²) in [6.45, 7) is 5.18. The van der Waals surface area contributed by atoms with E-state index in [4.69, 9.17) is 18.0 Å². The zero-order valence-electron chi connectivity index (χ0n) is 11.3. The molecule has 0 saturated heterocycles. The lowest BCUT2D eigenvalue weighted by Gasteiger charge is -2.27. The lowest BCUT2D eigenvalue weighted by Crippen LogP contribution is -2.41. The zero-order valence-corrected chi connectivity index (χ0v) is 12.1. The predicted molar refractivity (Wildman–Crippen MR) is 78.8 cm³/mol. The van der Waals surface area contributed by atoms with Crippen molar-refractivity contribution in [2.75, 3.05) is 13.1 Å². The van der Waals surface area contributed by atoms with Crippen molar-refractivity contribution in [3.63, 3.8) is 0 Å². The largest absolute Gasteiger partial charge is 0.335 e. The van der Waals surface area contributed by atoms with Crippen LogP contribution in [0.25, 0.3) is 0 Å². The number of nitrogens with zero attached hydrogens (tertiary/aromatic N) is 1. The maximum absolute atomic E-state index is 12.1. The second kappa shape index (κ2) is 7.83. The van der Waals surface area contributed by atoms with Crippen molar-refractivity contribution in [2.45, 2.75) is 26.4 Å². The number of hydrogen-bond acceptors (Lipinski definition) is 2. The minimum absolute atomic E-state index is 0.0326. The Hall–Kier alpha value is -1.50. The molecule has 0 aliphatic heterocycles. The fourth-order valence-corrected chi connectivity index (χ4v) is 1.95. The van der Waals surface area contributed by atoms with Crippen LogP contribution in [0.5, 0.6) is 0 Å². The number of halogens is 1. The first kappa shape index (κ1) is 15.6. The average Bonchev–Trinajstić information content (AvgIpc) is 2.36. The van der Waals surface area contributed by atoms with Crippen LogP contribution in [-0.4, -0.2) is 29.9 Å². The Bertz CT molecular complexity index is 465. The van der Waals surface area contributed by atoms with Gasteiger partial charge in [0.15, 0.2) is 0 Å². The molecule has 0 fully saturated rings. The van der Waals surface area contributed by atoms with Crippen molar-refractivity contribution in [3.8, 4) is 12.3 Å². The van der Waals surface area contributed by atoms with Gasteiger partial charge in [0, 0.05) is 17.6 Å². The minimum Gasteiger partial charge on any atom is -0.335 e. The molecule has 0 aromatic heterocycles. The van der Waals surface area contributed by atoms with E-state index in [0.717, 1.165) is 5.56 Å². The third-order valence-corrected chi connectivity index (χ3v) is 2.92. The van der Waals surface area contributed by atoms with E-state index in [1.54, 1.807) is 4.90 Å². The van der Waals surface area contributed by atoms with Gasteiger partial charge >= 0.3 is 0 Å². The molecule has 0 aliphatic rings. The first-order valence-corrected chi connectivity index (χ1v) is 6.60. The number of benzene rings is 1. The van der Waals surface area contributed by atoms with Gasteiger partial charge in [-0.05, 0) is 31.5 Å². The molecule has 4 heteroatoms. The number of carbonyl (C=O) groups is 1. The molecule has 0 bridgehead atoms. The van der Waals surface area contributed by atoms with Crippen molar-refractivity contribution >= 4 is 17.5 Å². The topological polar surface area (TPSA) is 32.3 Å². The zero-order chi connectivity index (χ0) is 14.3. The molecule has 1 rings (SSSR count). The summed E-state index contributed by atoms with van der Waals surface area (Å²) in [4.78, 5) is 13.9. The number of terminal acetylenes is 1. The SMILES string of the molecule is C#CCNCC(=O)N(Cc1cccc(Cl)c1)C(C)C. The van der Waals surface area contributed by atoms with Crippen molar-refractivity contribution in [1.82, 2.24) is 10.2 Å². The summed E-state index contributed by atoms with van der Waals surface area (Å²) in [6.07, 6.45) is 5.14. The Morgan fingerprint density at radius 3 is 2.84 bits per heavy atom. The highest BCUT2D eigenvalue weighted by Crippen LogP contribution is 2.14. The van der Waals surface area contributed by atoms with E-state index in [1.807, 2.05) is 38.1 Å². The molecule has 0 atom stereocenters. The maximum atomic E-state index is 12.1. The molecular formula is C15H19ClN2O. The monoisotopic (exact) mass is 278 g/mol. The first-order chi connectivity index (χ1) is 9.04. The van der Waals surface area contributed by atoms with Crippen LogP contribution in [0.4, 0.5) is 0 Å². The van der Waals surface area contributed by atoms with Crippen LogP contribution in [0.15, 0.2) is 24.3 Å². The average molecular weight is 279 g/mol. The number of carbonyl (C=O) groups excluding carboxylic acids is 1. The van der Waals surface area contributed by atoms with Crippen molar-refractivity contribution in [1.29, 1.82) is 0 Å². The minimum atomic E-state index is 0.0326. The fraction of sp³-hybridized carbons (Fsp3) is 0.400. The lowest BCUT2D eigenvalue weighted by molar-refractivity contribution is -0.132. The Balaban J connectivity index is 2.68. The van der Waals surface area contributed by atoms with E-state index < -0.39 is 0 Å². The third-order valence-electron chi connectivity index (χ3n) is 2.69.